The van der Waals surface area contributed by atoms with E-state index in [1.54, 1.807) is 30.6 Å². The van der Waals surface area contributed by atoms with Crippen molar-refractivity contribution in [1.29, 1.82) is 5.26 Å². The van der Waals surface area contributed by atoms with E-state index >= 15 is 0 Å². The Morgan fingerprint density at radius 2 is 1.89 bits per heavy atom. The van der Waals surface area contributed by atoms with E-state index in [0.717, 1.165) is 22.2 Å². The molecule has 0 bridgehead atoms. The lowest BCUT2D eigenvalue weighted by atomic mass is 10.2. The summed E-state index contributed by atoms with van der Waals surface area (Å²) in [7, 11) is 0. The van der Waals surface area contributed by atoms with Crippen molar-refractivity contribution in [2.45, 2.75) is 6.61 Å². The first kappa shape index (κ1) is 17.3. The lowest BCUT2D eigenvalue weighted by Gasteiger charge is -2.07. The van der Waals surface area contributed by atoms with Gasteiger partial charge < -0.3 is 14.4 Å². The second-order valence-electron chi connectivity index (χ2n) is 6.19. The number of ether oxygens (including phenoxy) is 1. The van der Waals surface area contributed by atoms with Crippen molar-refractivity contribution in [3.8, 4) is 17.6 Å². The summed E-state index contributed by atoms with van der Waals surface area (Å²) in [5.74, 6) is -0.546. The maximum atomic E-state index is 11.0. The highest BCUT2D eigenvalue weighted by Gasteiger charge is 2.12. The highest BCUT2D eigenvalue weighted by atomic mass is 16.5. The number of rotatable bonds is 5. The van der Waals surface area contributed by atoms with Crippen LogP contribution in [-0.2, 0) is 6.61 Å². The minimum atomic E-state index is -0.983. The van der Waals surface area contributed by atoms with Crippen LogP contribution in [0, 0.1) is 11.3 Å². The SMILES string of the molecule is N#Cc1cn(-c2ccc(C(=O)O)cc2)c2cnc(OCc3ccccc3)cc12. The van der Waals surface area contributed by atoms with Crippen LogP contribution in [-0.4, -0.2) is 20.6 Å². The Hall–Kier alpha value is -4.11. The minimum Gasteiger partial charge on any atom is -0.478 e. The van der Waals surface area contributed by atoms with E-state index in [4.69, 9.17) is 9.84 Å². The van der Waals surface area contributed by atoms with Gasteiger partial charge in [0.15, 0.2) is 0 Å². The van der Waals surface area contributed by atoms with Gasteiger partial charge in [0.1, 0.15) is 12.7 Å². The number of hydrogen-bond donors (Lipinski definition) is 1. The standard InChI is InChI=1S/C22H15N3O3/c23-11-17-13-25(18-8-6-16(7-9-18)22(26)27)20-12-24-21(10-19(17)20)28-14-15-4-2-1-3-5-15/h1-10,12-13H,14H2,(H,26,27). The van der Waals surface area contributed by atoms with Crippen LogP contribution in [0.1, 0.15) is 21.5 Å². The molecule has 28 heavy (non-hydrogen) atoms. The molecule has 0 spiro atoms. The number of carboxylic acids is 1. The number of benzene rings is 2. The third-order valence-electron chi connectivity index (χ3n) is 4.41. The van der Waals surface area contributed by atoms with Crippen molar-refractivity contribution in [3.63, 3.8) is 0 Å². The third-order valence-corrected chi connectivity index (χ3v) is 4.41. The largest absolute Gasteiger partial charge is 0.478 e. The summed E-state index contributed by atoms with van der Waals surface area (Å²) in [6.45, 7) is 0.387. The Kier molecular flexibility index (Phi) is 4.48. The van der Waals surface area contributed by atoms with Gasteiger partial charge in [-0.1, -0.05) is 30.3 Å². The Labute approximate surface area is 160 Å². The van der Waals surface area contributed by atoms with Gasteiger partial charge in [0.05, 0.1) is 22.8 Å². The van der Waals surface area contributed by atoms with Crippen LogP contribution in [0.15, 0.2) is 73.1 Å². The van der Waals surface area contributed by atoms with Gasteiger partial charge in [-0.15, -0.1) is 0 Å². The smallest absolute Gasteiger partial charge is 0.335 e. The maximum Gasteiger partial charge on any atom is 0.335 e. The Balaban J connectivity index is 1.68. The van der Waals surface area contributed by atoms with Gasteiger partial charge in [-0.05, 0) is 29.8 Å². The molecule has 136 valence electrons. The first-order valence-electron chi connectivity index (χ1n) is 8.57. The van der Waals surface area contributed by atoms with Gasteiger partial charge in [-0.25, -0.2) is 9.78 Å². The molecule has 0 amide bonds. The molecule has 0 saturated carbocycles. The van der Waals surface area contributed by atoms with Gasteiger partial charge in [0.25, 0.3) is 0 Å². The minimum absolute atomic E-state index is 0.204. The number of nitrogens with zero attached hydrogens (tertiary/aromatic N) is 3. The van der Waals surface area contributed by atoms with Crippen LogP contribution in [0.4, 0.5) is 0 Å². The molecule has 0 radical (unpaired) electrons. The molecule has 1 N–H and O–H groups in total. The highest BCUT2D eigenvalue weighted by Crippen LogP contribution is 2.27. The van der Waals surface area contributed by atoms with E-state index < -0.39 is 5.97 Å². The summed E-state index contributed by atoms with van der Waals surface area (Å²) in [6.07, 6.45) is 3.37. The predicted octanol–water partition coefficient (Wildman–Crippen LogP) is 4.17. The van der Waals surface area contributed by atoms with E-state index in [9.17, 15) is 10.1 Å². The molecule has 4 aromatic rings. The lowest BCUT2D eigenvalue weighted by Crippen LogP contribution is -1.99. The van der Waals surface area contributed by atoms with Crippen molar-refractivity contribution < 1.29 is 14.6 Å². The monoisotopic (exact) mass is 369 g/mol. The normalized spacial score (nSPS) is 10.5. The second kappa shape index (κ2) is 7.25. The summed E-state index contributed by atoms with van der Waals surface area (Å²) in [4.78, 5) is 15.4. The molecule has 6 nitrogen and oxygen atoms in total. The fraction of sp³-hybridized carbons (Fsp3) is 0.0455. The summed E-state index contributed by atoms with van der Waals surface area (Å²) >= 11 is 0. The van der Waals surface area contributed by atoms with Gasteiger partial charge in [0.2, 0.25) is 5.88 Å². The number of fused-ring (bicyclic) bond motifs is 1. The zero-order chi connectivity index (χ0) is 19.5. The molecule has 0 saturated heterocycles. The average molecular weight is 369 g/mol. The van der Waals surface area contributed by atoms with Crippen molar-refractivity contribution >= 4 is 16.9 Å². The number of carbonyl (C=O) groups is 1. The fourth-order valence-electron chi connectivity index (χ4n) is 2.98. The Morgan fingerprint density at radius 1 is 1.14 bits per heavy atom. The maximum absolute atomic E-state index is 11.0. The van der Waals surface area contributed by atoms with Crippen LogP contribution in [0.25, 0.3) is 16.6 Å². The van der Waals surface area contributed by atoms with Gasteiger partial charge in [-0.3, -0.25) is 0 Å². The number of aromatic nitrogens is 2. The van der Waals surface area contributed by atoms with E-state index in [2.05, 4.69) is 11.1 Å². The molecule has 0 aliphatic carbocycles. The summed E-state index contributed by atoms with van der Waals surface area (Å²) < 4.78 is 7.57. The number of nitriles is 1. The topological polar surface area (TPSA) is 88.1 Å². The quantitative estimate of drug-likeness (QED) is 0.570. The molecule has 4 rings (SSSR count). The predicted molar refractivity (Wildman–Crippen MR) is 104 cm³/mol. The van der Waals surface area contributed by atoms with Gasteiger partial charge in [0, 0.05) is 23.3 Å². The summed E-state index contributed by atoms with van der Waals surface area (Å²) in [6, 6.07) is 20.2. The fourth-order valence-corrected chi connectivity index (χ4v) is 2.98. The van der Waals surface area contributed by atoms with Crippen LogP contribution in [0.5, 0.6) is 5.88 Å². The molecule has 0 unspecified atom stereocenters. The molecule has 0 aliphatic rings. The van der Waals surface area contributed by atoms with Crippen molar-refractivity contribution in [1.82, 2.24) is 9.55 Å². The molecular formula is C22H15N3O3. The van der Waals surface area contributed by atoms with E-state index in [0.29, 0.717) is 18.1 Å². The average Bonchev–Trinajstić information content (AvgIpc) is 3.11. The first-order valence-corrected chi connectivity index (χ1v) is 8.57. The number of hydrogen-bond acceptors (Lipinski definition) is 4. The van der Waals surface area contributed by atoms with E-state index in [-0.39, 0.29) is 5.56 Å². The Bertz CT molecular complexity index is 1190. The molecule has 6 heteroatoms. The molecule has 0 atom stereocenters. The Morgan fingerprint density at radius 3 is 2.57 bits per heavy atom. The van der Waals surface area contributed by atoms with Gasteiger partial charge >= 0.3 is 5.97 Å². The third kappa shape index (κ3) is 3.29. The number of aromatic carboxylic acids is 1. The molecule has 0 aliphatic heterocycles. The lowest BCUT2D eigenvalue weighted by molar-refractivity contribution is 0.0697. The molecule has 2 aromatic carbocycles. The van der Waals surface area contributed by atoms with Crippen molar-refractivity contribution in [2.75, 3.05) is 0 Å². The van der Waals surface area contributed by atoms with Crippen LogP contribution < -0.4 is 4.74 Å². The number of carboxylic acid groups (broad SMARTS) is 1. The van der Waals surface area contributed by atoms with Crippen LogP contribution >= 0.6 is 0 Å². The van der Waals surface area contributed by atoms with E-state index in [1.165, 1.54) is 12.1 Å². The van der Waals surface area contributed by atoms with Crippen LogP contribution in [0.3, 0.4) is 0 Å². The second-order valence-corrected chi connectivity index (χ2v) is 6.19. The highest BCUT2D eigenvalue weighted by molar-refractivity contribution is 5.89. The molecular weight excluding hydrogens is 354 g/mol. The number of pyridine rings is 1. The molecule has 2 aromatic heterocycles. The van der Waals surface area contributed by atoms with E-state index in [1.807, 2.05) is 34.9 Å². The zero-order valence-electron chi connectivity index (χ0n) is 14.7. The van der Waals surface area contributed by atoms with Gasteiger partial charge in [-0.2, -0.15) is 5.26 Å². The molecule has 2 heterocycles. The summed E-state index contributed by atoms with van der Waals surface area (Å²) in [5.41, 5.74) is 3.21. The van der Waals surface area contributed by atoms with Crippen molar-refractivity contribution in [2.24, 2.45) is 0 Å². The molecule has 0 fully saturated rings. The summed E-state index contributed by atoms with van der Waals surface area (Å²) in [5, 5.41) is 19.3. The zero-order valence-corrected chi connectivity index (χ0v) is 14.7. The first-order chi connectivity index (χ1) is 13.7. The van der Waals surface area contributed by atoms with Crippen molar-refractivity contribution in [3.05, 3.63) is 89.7 Å². The van der Waals surface area contributed by atoms with Crippen LogP contribution in [0.2, 0.25) is 0 Å².